The van der Waals surface area contributed by atoms with E-state index in [1.165, 1.54) is 0 Å². The second kappa shape index (κ2) is 6.01. The molecule has 1 spiro atoms. The Hall–Kier alpha value is -1.40. The van der Waals surface area contributed by atoms with E-state index in [9.17, 15) is 9.59 Å². The molecule has 6 heteroatoms. The number of rotatable bonds is 1. The van der Waals surface area contributed by atoms with E-state index >= 15 is 0 Å². The largest absolute Gasteiger partial charge is 0.346 e. The van der Waals surface area contributed by atoms with Gasteiger partial charge >= 0.3 is 0 Å². The lowest BCUT2D eigenvalue weighted by Crippen LogP contribution is -2.62. The summed E-state index contributed by atoms with van der Waals surface area (Å²) in [6.45, 7) is 3.12. The van der Waals surface area contributed by atoms with Gasteiger partial charge < -0.3 is 9.80 Å². The highest BCUT2D eigenvalue weighted by atomic mass is 32.1. The molecule has 3 rings (SSSR count). The van der Waals surface area contributed by atoms with Crippen molar-refractivity contribution in [3.63, 3.8) is 0 Å². The van der Waals surface area contributed by atoms with Gasteiger partial charge in [0.25, 0.3) is 5.91 Å². The minimum absolute atomic E-state index is 0.0651. The first-order valence-corrected chi connectivity index (χ1v) is 8.73. The normalized spacial score (nSPS) is 27.3. The molecular formula is C16H23N3O2S. The second-order valence-electron chi connectivity index (χ2n) is 6.45. The van der Waals surface area contributed by atoms with Gasteiger partial charge in [-0.2, -0.15) is 11.3 Å². The molecule has 1 aromatic heterocycles. The van der Waals surface area contributed by atoms with Crippen molar-refractivity contribution in [3.05, 3.63) is 22.4 Å². The summed E-state index contributed by atoms with van der Waals surface area (Å²) < 4.78 is 0. The van der Waals surface area contributed by atoms with Gasteiger partial charge in [-0.25, -0.2) is 0 Å². The molecule has 0 aliphatic carbocycles. The molecule has 2 amide bonds. The number of likely N-dealkylation sites (N-methyl/N-ethyl adjacent to an activating group) is 1. The van der Waals surface area contributed by atoms with E-state index in [1.807, 2.05) is 33.7 Å². The van der Waals surface area contributed by atoms with E-state index in [0.717, 1.165) is 44.6 Å². The quantitative estimate of drug-likeness (QED) is 0.788. The van der Waals surface area contributed by atoms with E-state index < -0.39 is 0 Å². The molecule has 0 radical (unpaired) electrons. The molecule has 0 N–H and O–H groups in total. The van der Waals surface area contributed by atoms with Crippen molar-refractivity contribution in [1.82, 2.24) is 14.7 Å². The van der Waals surface area contributed by atoms with Crippen molar-refractivity contribution in [2.45, 2.75) is 24.8 Å². The van der Waals surface area contributed by atoms with Crippen molar-refractivity contribution in [2.75, 3.05) is 40.3 Å². The highest BCUT2D eigenvalue weighted by Gasteiger charge is 2.43. The Morgan fingerprint density at radius 1 is 1.23 bits per heavy atom. The predicted octanol–water partition coefficient (Wildman–Crippen LogP) is 1.52. The van der Waals surface area contributed by atoms with Crippen LogP contribution in [0.2, 0.25) is 0 Å². The monoisotopic (exact) mass is 321 g/mol. The average Bonchev–Trinajstić information content (AvgIpc) is 3.01. The molecule has 1 aromatic rings. The molecule has 22 heavy (non-hydrogen) atoms. The van der Waals surface area contributed by atoms with Crippen molar-refractivity contribution in [3.8, 4) is 0 Å². The molecule has 0 saturated carbocycles. The van der Waals surface area contributed by atoms with Crippen LogP contribution < -0.4 is 0 Å². The van der Waals surface area contributed by atoms with Gasteiger partial charge in [0.2, 0.25) is 5.91 Å². The third kappa shape index (κ3) is 2.77. The zero-order chi connectivity index (χ0) is 15.7. The van der Waals surface area contributed by atoms with Crippen LogP contribution in [0.3, 0.4) is 0 Å². The van der Waals surface area contributed by atoms with Gasteiger partial charge in [-0.1, -0.05) is 0 Å². The summed E-state index contributed by atoms with van der Waals surface area (Å²) in [5.74, 6) is 0.337. The fourth-order valence-electron chi connectivity index (χ4n) is 3.50. The zero-order valence-corrected chi connectivity index (χ0v) is 14.1. The molecule has 1 unspecified atom stereocenters. The van der Waals surface area contributed by atoms with Crippen LogP contribution in [0.5, 0.6) is 0 Å². The maximum atomic E-state index is 12.6. The summed E-state index contributed by atoms with van der Waals surface area (Å²) in [6.07, 6.45) is 2.33. The predicted molar refractivity (Wildman–Crippen MR) is 87.1 cm³/mol. The molecule has 1 atom stereocenters. The summed E-state index contributed by atoms with van der Waals surface area (Å²) in [6, 6.07) is 1.89. The highest BCUT2D eigenvalue weighted by molar-refractivity contribution is 7.08. The van der Waals surface area contributed by atoms with Crippen LogP contribution in [0.4, 0.5) is 0 Å². The molecule has 2 aliphatic rings. The van der Waals surface area contributed by atoms with Crippen molar-refractivity contribution in [1.29, 1.82) is 0 Å². The van der Waals surface area contributed by atoms with Gasteiger partial charge in [0.15, 0.2) is 0 Å². The molecular weight excluding hydrogens is 298 g/mol. The van der Waals surface area contributed by atoms with Crippen molar-refractivity contribution < 1.29 is 9.59 Å². The van der Waals surface area contributed by atoms with Gasteiger partial charge in [-0.3, -0.25) is 14.5 Å². The smallest absolute Gasteiger partial charge is 0.254 e. The second-order valence-corrected chi connectivity index (χ2v) is 7.23. The molecule has 2 aliphatic heterocycles. The van der Waals surface area contributed by atoms with Crippen LogP contribution in [0.15, 0.2) is 16.8 Å². The summed E-state index contributed by atoms with van der Waals surface area (Å²) >= 11 is 1.55. The van der Waals surface area contributed by atoms with Crippen LogP contribution >= 0.6 is 11.3 Å². The Kier molecular flexibility index (Phi) is 4.23. The summed E-state index contributed by atoms with van der Waals surface area (Å²) in [5, 5.41) is 3.86. The average molecular weight is 321 g/mol. The maximum Gasteiger partial charge on any atom is 0.254 e. The summed E-state index contributed by atoms with van der Waals surface area (Å²) in [5.41, 5.74) is 0.719. The van der Waals surface area contributed by atoms with Gasteiger partial charge in [-0.05, 0) is 31.3 Å². The molecule has 120 valence electrons. The van der Waals surface area contributed by atoms with E-state index in [2.05, 4.69) is 11.9 Å². The SMILES string of the molecule is CN1CCC2(CCC1=O)CN(C(=O)c1ccsc1)CCN2C. The number of likely N-dealkylation sites (tertiary alicyclic amines) is 1. The third-order valence-corrected chi connectivity index (χ3v) is 5.88. The van der Waals surface area contributed by atoms with E-state index in [1.54, 1.807) is 11.3 Å². The fourth-order valence-corrected chi connectivity index (χ4v) is 4.13. The summed E-state index contributed by atoms with van der Waals surface area (Å²) in [7, 11) is 4.00. The zero-order valence-electron chi connectivity index (χ0n) is 13.2. The lowest BCUT2D eigenvalue weighted by Gasteiger charge is -2.49. The minimum atomic E-state index is -0.0651. The van der Waals surface area contributed by atoms with Crippen LogP contribution in [0.25, 0.3) is 0 Å². The lowest BCUT2D eigenvalue weighted by atomic mass is 9.86. The standard InChI is InChI=1S/C16H23N3O2S/c1-17-7-6-16(5-3-14(17)20)12-19(9-8-18(16)2)15(21)13-4-10-22-11-13/h4,10-11H,3,5-9,12H2,1-2H3. The van der Waals surface area contributed by atoms with Crippen LogP contribution in [0, 0.1) is 0 Å². The maximum absolute atomic E-state index is 12.6. The number of carbonyl (C=O) groups is 2. The van der Waals surface area contributed by atoms with Gasteiger partial charge in [0.05, 0.1) is 5.56 Å². The van der Waals surface area contributed by atoms with E-state index in [4.69, 9.17) is 0 Å². The number of amides is 2. The molecule has 0 aromatic carbocycles. The van der Waals surface area contributed by atoms with E-state index in [-0.39, 0.29) is 17.4 Å². The number of piperazine rings is 1. The van der Waals surface area contributed by atoms with Crippen molar-refractivity contribution >= 4 is 23.2 Å². The minimum Gasteiger partial charge on any atom is -0.346 e. The Balaban J connectivity index is 1.78. The first kappa shape index (κ1) is 15.5. The Labute approximate surface area is 135 Å². The molecule has 0 bridgehead atoms. The Morgan fingerprint density at radius 3 is 2.77 bits per heavy atom. The van der Waals surface area contributed by atoms with E-state index in [0.29, 0.717) is 6.42 Å². The van der Waals surface area contributed by atoms with Gasteiger partial charge in [0, 0.05) is 50.6 Å². The van der Waals surface area contributed by atoms with Crippen LogP contribution in [-0.4, -0.2) is 72.3 Å². The molecule has 2 fully saturated rings. The topological polar surface area (TPSA) is 43.9 Å². The Morgan fingerprint density at radius 2 is 2.05 bits per heavy atom. The molecule has 2 saturated heterocycles. The van der Waals surface area contributed by atoms with Crippen LogP contribution in [0.1, 0.15) is 29.6 Å². The fraction of sp³-hybridized carbons (Fsp3) is 0.625. The van der Waals surface area contributed by atoms with Gasteiger partial charge in [-0.15, -0.1) is 0 Å². The number of carbonyl (C=O) groups excluding carboxylic acids is 2. The number of nitrogens with zero attached hydrogens (tertiary/aromatic N) is 3. The first-order chi connectivity index (χ1) is 10.5. The lowest BCUT2D eigenvalue weighted by molar-refractivity contribution is -0.129. The highest BCUT2D eigenvalue weighted by Crippen LogP contribution is 2.32. The number of hydrogen-bond donors (Lipinski definition) is 0. The first-order valence-electron chi connectivity index (χ1n) is 7.78. The van der Waals surface area contributed by atoms with Gasteiger partial charge in [0.1, 0.15) is 0 Å². The Bertz CT molecular complexity index is 560. The van der Waals surface area contributed by atoms with Crippen molar-refractivity contribution in [2.24, 2.45) is 0 Å². The number of thiophene rings is 1. The third-order valence-electron chi connectivity index (χ3n) is 5.20. The number of hydrogen-bond acceptors (Lipinski definition) is 4. The van der Waals surface area contributed by atoms with Crippen LogP contribution in [-0.2, 0) is 4.79 Å². The molecule has 5 nitrogen and oxygen atoms in total. The molecule has 3 heterocycles. The summed E-state index contributed by atoms with van der Waals surface area (Å²) in [4.78, 5) is 30.8.